The lowest BCUT2D eigenvalue weighted by Gasteiger charge is -2.17. The molecule has 0 saturated carbocycles. The van der Waals surface area contributed by atoms with Crippen LogP contribution in [-0.2, 0) is 11.4 Å². The lowest BCUT2D eigenvalue weighted by Crippen LogP contribution is -2.25. The van der Waals surface area contributed by atoms with Gasteiger partial charge in [-0.3, -0.25) is 0 Å². The second kappa shape index (κ2) is 5.90. The number of halogens is 2. The number of benzene rings is 1. The van der Waals surface area contributed by atoms with E-state index in [0.717, 1.165) is 10.9 Å². The van der Waals surface area contributed by atoms with E-state index in [2.05, 4.69) is 9.38 Å². The Kier molecular flexibility index (Phi) is 4.59. The normalized spacial score (nSPS) is 14.1. The van der Waals surface area contributed by atoms with Crippen LogP contribution in [-0.4, -0.2) is 20.5 Å². The highest BCUT2D eigenvalue weighted by molar-refractivity contribution is 7.91. The fourth-order valence-corrected chi connectivity index (χ4v) is 2.39. The standard InChI is InChI=1S/C14H14Cl2N2OS/c1-14(2,3)20(19)17-8-10-6-9-7-11(15)4-5-12(9)18-13(10)16/h4-8H,1-3H3. The smallest absolute Gasteiger partial charge is 0.144 e. The lowest BCUT2D eigenvalue weighted by molar-refractivity contribution is 0.562. The first-order valence-electron chi connectivity index (χ1n) is 5.99. The Balaban J connectivity index is 2.39. The third kappa shape index (κ3) is 3.64. The molecule has 0 aliphatic carbocycles. The van der Waals surface area contributed by atoms with Gasteiger partial charge in [0.15, 0.2) is 0 Å². The van der Waals surface area contributed by atoms with Gasteiger partial charge in [-0.25, -0.2) is 4.98 Å². The molecule has 2 rings (SSSR count). The molecule has 106 valence electrons. The maximum atomic E-state index is 11.9. The van der Waals surface area contributed by atoms with E-state index in [4.69, 9.17) is 23.2 Å². The minimum Gasteiger partial charge on any atom is -0.591 e. The number of nitrogens with zero attached hydrogens (tertiary/aromatic N) is 2. The van der Waals surface area contributed by atoms with Crippen molar-refractivity contribution < 1.29 is 4.55 Å². The van der Waals surface area contributed by atoms with Crippen LogP contribution in [0.1, 0.15) is 26.3 Å². The van der Waals surface area contributed by atoms with Gasteiger partial charge >= 0.3 is 0 Å². The Bertz CT molecular complexity index is 668. The quantitative estimate of drug-likeness (QED) is 0.465. The van der Waals surface area contributed by atoms with Crippen molar-refractivity contribution in [1.29, 1.82) is 0 Å². The van der Waals surface area contributed by atoms with Crippen molar-refractivity contribution in [3.8, 4) is 0 Å². The molecule has 0 amide bonds. The summed E-state index contributed by atoms with van der Waals surface area (Å²) in [4.78, 5) is 4.27. The Morgan fingerprint density at radius 3 is 2.60 bits per heavy atom. The molecular weight excluding hydrogens is 315 g/mol. The van der Waals surface area contributed by atoms with E-state index in [1.54, 1.807) is 18.2 Å². The number of hydrogen-bond donors (Lipinski definition) is 0. The van der Waals surface area contributed by atoms with E-state index in [0.29, 0.717) is 15.7 Å². The molecule has 1 atom stereocenters. The fourth-order valence-electron chi connectivity index (χ4n) is 1.49. The summed E-state index contributed by atoms with van der Waals surface area (Å²) >= 11 is 10.7. The number of aromatic nitrogens is 1. The van der Waals surface area contributed by atoms with Crippen molar-refractivity contribution in [2.45, 2.75) is 25.5 Å². The SMILES string of the molecule is CC(C)(C)[S+]([O-])N=Cc1cc2cc(Cl)ccc2nc1Cl. The van der Waals surface area contributed by atoms with E-state index < -0.39 is 16.1 Å². The van der Waals surface area contributed by atoms with Crippen LogP contribution < -0.4 is 0 Å². The highest BCUT2D eigenvalue weighted by atomic mass is 35.5. The zero-order chi connectivity index (χ0) is 14.9. The van der Waals surface area contributed by atoms with Crippen molar-refractivity contribution >= 4 is 51.7 Å². The van der Waals surface area contributed by atoms with Crippen LogP contribution in [0.4, 0.5) is 0 Å². The molecule has 1 unspecified atom stereocenters. The maximum absolute atomic E-state index is 11.9. The average Bonchev–Trinajstić information content (AvgIpc) is 2.35. The number of rotatable bonds is 2. The molecule has 0 saturated heterocycles. The van der Waals surface area contributed by atoms with Gasteiger partial charge in [0, 0.05) is 16.0 Å². The Morgan fingerprint density at radius 1 is 1.25 bits per heavy atom. The molecule has 0 aliphatic heterocycles. The van der Waals surface area contributed by atoms with Crippen LogP contribution in [0.15, 0.2) is 28.7 Å². The third-order valence-corrected chi connectivity index (χ3v) is 4.45. The molecule has 3 nitrogen and oxygen atoms in total. The first-order valence-corrected chi connectivity index (χ1v) is 7.85. The summed E-state index contributed by atoms with van der Waals surface area (Å²) in [7, 11) is 0. The van der Waals surface area contributed by atoms with Gasteiger partial charge in [0.05, 0.1) is 11.7 Å². The summed E-state index contributed by atoms with van der Waals surface area (Å²) in [6, 6.07) is 7.20. The molecule has 0 spiro atoms. The summed E-state index contributed by atoms with van der Waals surface area (Å²) < 4.78 is 15.5. The molecule has 0 radical (unpaired) electrons. The first-order chi connectivity index (χ1) is 9.27. The topological polar surface area (TPSA) is 48.3 Å². The Hall–Kier alpha value is -0.810. The van der Waals surface area contributed by atoms with Crippen LogP contribution in [0.2, 0.25) is 10.2 Å². The fraction of sp³-hybridized carbons (Fsp3) is 0.286. The van der Waals surface area contributed by atoms with Crippen LogP contribution in [0, 0.1) is 0 Å². The van der Waals surface area contributed by atoms with Crippen molar-refractivity contribution in [3.63, 3.8) is 0 Å². The van der Waals surface area contributed by atoms with Gasteiger partial charge in [-0.2, -0.15) is 0 Å². The molecule has 0 aliphatic rings. The van der Waals surface area contributed by atoms with Crippen molar-refractivity contribution in [2.75, 3.05) is 0 Å². The van der Waals surface area contributed by atoms with Gasteiger partial charge in [0.2, 0.25) is 0 Å². The highest BCUT2D eigenvalue weighted by Crippen LogP contribution is 2.23. The number of pyridine rings is 1. The van der Waals surface area contributed by atoms with Gasteiger partial charge < -0.3 is 4.55 Å². The predicted octanol–water partition coefficient (Wildman–Crippen LogP) is 4.42. The summed E-state index contributed by atoms with van der Waals surface area (Å²) in [6.07, 6.45) is 1.50. The third-order valence-electron chi connectivity index (χ3n) is 2.57. The molecular formula is C14H14Cl2N2OS. The molecule has 0 fully saturated rings. The summed E-state index contributed by atoms with van der Waals surface area (Å²) in [5.74, 6) is 0. The zero-order valence-electron chi connectivity index (χ0n) is 11.4. The molecule has 20 heavy (non-hydrogen) atoms. The van der Waals surface area contributed by atoms with Gasteiger partial charge in [-0.15, -0.1) is 0 Å². The van der Waals surface area contributed by atoms with Crippen LogP contribution >= 0.6 is 23.2 Å². The van der Waals surface area contributed by atoms with E-state index in [-0.39, 0.29) is 0 Å². The van der Waals surface area contributed by atoms with E-state index >= 15 is 0 Å². The molecule has 2 aromatic rings. The van der Waals surface area contributed by atoms with Crippen LogP contribution in [0.5, 0.6) is 0 Å². The lowest BCUT2D eigenvalue weighted by atomic mass is 10.2. The molecule has 0 N–H and O–H groups in total. The minimum absolute atomic E-state index is 0.328. The average molecular weight is 329 g/mol. The summed E-state index contributed by atoms with van der Waals surface area (Å²) in [5.41, 5.74) is 1.38. The van der Waals surface area contributed by atoms with E-state index in [1.807, 2.05) is 26.8 Å². The molecule has 1 heterocycles. The van der Waals surface area contributed by atoms with Crippen molar-refractivity contribution in [2.24, 2.45) is 4.40 Å². The molecule has 0 bridgehead atoms. The van der Waals surface area contributed by atoms with Gasteiger partial charge in [-0.1, -0.05) is 27.6 Å². The van der Waals surface area contributed by atoms with Gasteiger partial charge in [0.25, 0.3) is 0 Å². The largest absolute Gasteiger partial charge is 0.591 e. The Labute approximate surface area is 131 Å². The van der Waals surface area contributed by atoms with E-state index in [1.165, 1.54) is 6.21 Å². The predicted molar refractivity (Wildman–Crippen MR) is 87.3 cm³/mol. The minimum atomic E-state index is -1.33. The van der Waals surface area contributed by atoms with Crippen LogP contribution in [0.25, 0.3) is 10.9 Å². The second-order valence-corrected chi connectivity index (χ2v) is 8.03. The maximum Gasteiger partial charge on any atom is 0.144 e. The van der Waals surface area contributed by atoms with Gasteiger partial charge in [-0.05, 0) is 45.0 Å². The zero-order valence-corrected chi connectivity index (χ0v) is 13.7. The summed E-state index contributed by atoms with van der Waals surface area (Å²) in [5, 5.41) is 1.82. The molecule has 6 heteroatoms. The highest BCUT2D eigenvalue weighted by Gasteiger charge is 2.25. The van der Waals surface area contributed by atoms with Crippen LogP contribution in [0.3, 0.4) is 0 Å². The molecule has 1 aromatic heterocycles. The molecule has 1 aromatic carbocycles. The summed E-state index contributed by atoms with van der Waals surface area (Å²) in [6.45, 7) is 5.58. The number of hydrogen-bond acceptors (Lipinski definition) is 3. The van der Waals surface area contributed by atoms with E-state index in [9.17, 15) is 4.55 Å². The monoisotopic (exact) mass is 328 g/mol. The van der Waals surface area contributed by atoms with Crippen molar-refractivity contribution in [1.82, 2.24) is 4.98 Å². The van der Waals surface area contributed by atoms with Crippen molar-refractivity contribution in [3.05, 3.63) is 40.0 Å². The second-order valence-electron chi connectivity index (χ2n) is 5.30. The first kappa shape index (κ1) is 15.6. The van der Waals surface area contributed by atoms with Gasteiger partial charge in [0.1, 0.15) is 21.3 Å². The Morgan fingerprint density at radius 2 is 1.95 bits per heavy atom. The number of fused-ring (bicyclic) bond motifs is 1.